The van der Waals surface area contributed by atoms with Crippen LogP contribution in [0.25, 0.3) is 33.4 Å². The second kappa shape index (κ2) is 9.49. The maximum absolute atomic E-state index is 12.2. The Labute approximate surface area is 186 Å². The van der Waals surface area contributed by atoms with Gasteiger partial charge in [0.1, 0.15) is 12.0 Å². The molecule has 0 radical (unpaired) electrons. The lowest BCUT2D eigenvalue weighted by Crippen LogP contribution is -2.13. The summed E-state index contributed by atoms with van der Waals surface area (Å²) in [5, 5.41) is 3.82. The summed E-state index contributed by atoms with van der Waals surface area (Å²) in [6.07, 6.45) is 12.9. The smallest absolute Gasteiger partial charge is 0.248 e. The molecule has 4 aromatic rings. The standard InChI is InChI=1S/C24H25N7O/c1-4-18-10-22(29-15-28-18)21-14-27-24-20(21)9-17(12-26-24)16-8-19(13-25-11-16)30-23(32)6-5-7-31(2)3/h5-6,8-15H,4,7H2,1-3H3,(H,26,27)(H,30,32)/b6-5+. The van der Waals surface area contributed by atoms with Crippen LogP contribution in [0, 0.1) is 0 Å². The molecule has 2 N–H and O–H groups in total. The number of carbonyl (C=O) groups is 1. The number of nitrogens with zero attached hydrogens (tertiary/aromatic N) is 5. The number of hydrogen-bond acceptors (Lipinski definition) is 6. The van der Waals surface area contributed by atoms with Crippen LogP contribution in [0.4, 0.5) is 5.69 Å². The molecular weight excluding hydrogens is 402 g/mol. The van der Waals surface area contributed by atoms with Gasteiger partial charge in [0.05, 0.1) is 17.6 Å². The summed E-state index contributed by atoms with van der Waals surface area (Å²) in [5.41, 5.74) is 5.97. The van der Waals surface area contributed by atoms with E-state index in [4.69, 9.17) is 0 Å². The van der Waals surface area contributed by atoms with E-state index in [1.807, 2.05) is 43.4 Å². The largest absolute Gasteiger partial charge is 0.345 e. The van der Waals surface area contributed by atoms with Gasteiger partial charge >= 0.3 is 0 Å². The van der Waals surface area contributed by atoms with Gasteiger partial charge in [-0.3, -0.25) is 9.78 Å². The van der Waals surface area contributed by atoms with E-state index < -0.39 is 0 Å². The first-order chi connectivity index (χ1) is 15.5. The number of likely N-dealkylation sites (N-methyl/N-ethyl adjacent to an activating group) is 1. The van der Waals surface area contributed by atoms with Crippen molar-refractivity contribution in [2.24, 2.45) is 0 Å². The first-order valence-electron chi connectivity index (χ1n) is 10.4. The van der Waals surface area contributed by atoms with E-state index in [0.29, 0.717) is 12.2 Å². The summed E-state index contributed by atoms with van der Waals surface area (Å²) in [4.78, 5) is 34.9. The van der Waals surface area contributed by atoms with Crippen molar-refractivity contribution in [2.75, 3.05) is 26.0 Å². The van der Waals surface area contributed by atoms with Crippen LogP contribution in [-0.4, -0.2) is 56.4 Å². The molecule has 0 unspecified atom stereocenters. The predicted molar refractivity (Wildman–Crippen MR) is 126 cm³/mol. The number of nitrogens with one attached hydrogen (secondary N) is 2. The molecule has 0 aliphatic rings. The first-order valence-corrected chi connectivity index (χ1v) is 10.4. The number of rotatable bonds is 7. The molecule has 0 saturated heterocycles. The maximum atomic E-state index is 12.2. The van der Waals surface area contributed by atoms with Gasteiger partial charge in [-0.2, -0.15) is 0 Å². The molecule has 0 atom stereocenters. The number of anilines is 1. The Morgan fingerprint density at radius 1 is 1.09 bits per heavy atom. The van der Waals surface area contributed by atoms with E-state index in [1.54, 1.807) is 24.9 Å². The summed E-state index contributed by atoms with van der Waals surface area (Å²) in [6, 6.07) is 5.94. The van der Waals surface area contributed by atoms with E-state index in [-0.39, 0.29) is 5.91 Å². The van der Waals surface area contributed by atoms with E-state index in [1.165, 1.54) is 6.08 Å². The van der Waals surface area contributed by atoms with Gasteiger partial charge in [-0.25, -0.2) is 15.0 Å². The highest BCUT2D eigenvalue weighted by molar-refractivity contribution is 6.00. The number of amides is 1. The fourth-order valence-electron chi connectivity index (χ4n) is 3.33. The number of fused-ring (bicyclic) bond motifs is 1. The zero-order valence-electron chi connectivity index (χ0n) is 18.3. The van der Waals surface area contributed by atoms with E-state index >= 15 is 0 Å². The topological polar surface area (TPSA) is 99.7 Å². The molecule has 0 bridgehead atoms. The normalized spacial score (nSPS) is 11.5. The molecule has 0 saturated carbocycles. The van der Waals surface area contributed by atoms with Gasteiger partial charge in [-0.05, 0) is 38.7 Å². The van der Waals surface area contributed by atoms with Crippen molar-refractivity contribution in [1.82, 2.24) is 29.8 Å². The average Bonchev–Trinajstić information content (AvgIpc) is 3.22. The van der Waals surface area contributed by atoms with Crippen LogP contribution in [0.2, 0.25) is 0 Å². The lowest BCUT2D eigenvalue weighted by Gasteiger charge is -2.07. The van der Waals surface area contributed by atoms with Crippen LogP contribution in [0.1, 0.15) is 12.6 Å². The fraction of sp³-hybridized carbons (Fsp3) is 0.208. The Bertz CT molecular complexity index is 1280. The van der Waals surface area contributed by atoms with Crippen LogP contribution in [0.15, 0.2) is 61.5 Å². The van der Waals surface area contributed by atoms with Gasteiger partial charge in [0.15, 0.2) is 0 Å². The van der Waals surface area contributed by atoms with Gasteiger partial charge < -0.3 is 15.2 Å². The average molecular weight is 428 g/mol. The van der Waals surface area contributed by atoms with Gasteiger partial charge in [0, 0.05) is 59.0 Å². The summed E-state index contributed by atoms with van der Waals surface area (Å²) in [5.74, 6) is -0.192. The Balaban J connectivity index is 1.62. The van der Waals surface area contributed by atoms with E-state index in [9.17, 15) is 4.79 Å². The van der Waals surface area contributed by atoms with Crippen molar-refractivity contribution in [2.45, 2.75) is 13.3 Å². The maximum Gasteiger partial charge on any atom is 0.248 e. The zero-order chi connectivity index (χ0) is 22.5. The summed E-state index contributed by atoms with van der Waals surface area (Å²) >= 11 is 0. The Hall–Kier alpha value is -3.91. The molecule has 4 heterocycles. The third-order valence-corrected chi connectivity index (χ3v) is 4.97. The van der Waals surface area contributed by atoms with Crippen molar-refractivity contribution in [1.29, 1.82) is 0 Å². The molecule has 4 aromatic heterocycles. The van der Waals surface area contributed by atoms with Crippen molar-refractivity contribution in [3.8, 4) is 22.4 Å². The van der Waals surface area contributed by atoms with E-state index in [0.717, 1.165) is 45.5 Å². The quantitative estimate of drug-likeness (QED) is 0.436. The molecule has 4 rings (SSSR count). The Morgan fingerprint density at radius 3 is 2.75 bits per heavy atom. The highest BCUT2D eigenvalue weighted by atomic mass is 16.1. The second-order valence-corrected chi connectivity index (χ2v) is 7.69. The molecule has 0 fully saturated rings. The monoisotopic (exact) mass is 427 g/mol. The van der Waals surface area contributed by atoms with Crippen molar-refractivity contribution in [3.05, 3.63) is 67.2 Å². The Kier molecular flexibility index (Phi) is 6.32. The number of aromatic amines is 1. The highest BCUT2D eigenvalue weighted by Gasteiger charge is 2.11. The van der Waals surface area contributed by atoms with Gasteiger partial charge in [-0.1, -0.05) is 13.0 Å². The molecular formula is C24H25N7O. The lowest BCUT2D eigenvalue weighted by molar-refractivity contribution is -0.111. The number of aromatic nitrogens is 5. The fourth-order valence-corrected chi connectivity index (χ4v) is 3.33. The zero-order valence-corrected chi connectivity index (χ0v) is 18.3. The molecule has 0 aliphatic heterocycles. The van der Waals surface area contributed by atoms with Crippen LogP contribution < -0.4 is 5.32 Å². The van der Waals surface area contributed by atoms with Gasteiger partial charge in [0.2, 0.25) is 5.91 Å². The minimum absolute atomic E-state index is 0.192. The molecule has 8 heteroatoms. The van der Waals surface area contributed by atoms with Crippen LogP contribution >= 0.6 is 0 Å². The molecule has 1 amide bonds. The molecule has 32 heavy (non-hydrogen) atoms. The summed E-state index contributed by atoms with van der Waals surface area (Å²) in [6.45, 7) is 2.76. The molecule has 0 aromatic carbocycles. The van der Waals surface area contributed by atoms with Crippen molar-refractivity contribution in [3.63, 3.8) is 0 Å². The summed E-state index contributed by atoms with van der Waals surface area (Å²) in [7, 11) is 3.90. The van der Waals surface area contributed by atoms with E-state index in [2.05, 4.69) is 43.2 Å². The SMILES string of the molecule is CCc1cc(-c2c[nH]c3ncc(-c4cncc(NC(=O)/C=C/CN(C)C)c4)cc23)ncn1. The predicted octanol–water partition coefficient (Wildman–Crippen LogP) is 3.70. The third-order valence-electron chi connectivity index (χ3n) is 4.97. The minimum atomic E-state index is -0.192. The second-order valence-electron chi connectivity index (χ2n) is 7.69. The van der Waals surface area contributed by atoms with Crippen LogP contribution in [0.5, 0.6) is 0 Å². The lowest BCUT2D eigenvalue weighted by atomic mass is 10.1. The van der Waals surface area contributed by atoms with Crippen LogP contribution in [-0.2, 0) is 11.2 Å². The molecule has 0 aliphatic carbocycles. The Morgan fingerprint density at radius 2 is 1.94 bits per heavy atom. The number of carbonyl (C=O) groups excluding carboxylic acids is 1. The highest BCUT2D eigenvalue weighted by Crippen LogP contribution is 2.30. The van der Waals surface area contributed by atoms with Gasteiger partial charge in [-0.15, -0.1) is 0 Å². The van der Waals surface area contributed by atoms with Crippen molar-refractivity contribution >= 4 is 22.6 Å². The minimum Gasteiger partial charge on any atom is -0.345 e. The molecule has 0 spiro atoms. The molecule has 162 valence electrons. The number of H-pyrrole nitrogens is 1. The number of hydrogen-bond donors (Lipinski definition) is 2. The summed E-state index contributed by atoms with van der Waals surface area (Å²) < 4.78 is 0. The third kappa shape index (κ3) is 4.87. The molecule has 8 nitrogen and oxygen atoms in total. The number of pyridine rings is 2. The first kappa shape index (κ1) is 21.3. The van der Waals surface area contributed by atoms with Crippen molar-refractivity contribution < 1.29 is 4.79 Å². The van der Waals surface area contributed by atoms with Gasteiger partial charge in [0.25, 0.3) is 0 Å². The van der Waals surface area contributed by atoms with Crippen LogP contribution in [0.3, 0.4) is 0 Å². The number of aryl methyl sites for hydroxylation is 1.